The average Bonchev–Trinajstić information content (AvgIpc) is 2.55. The van der Waals surface area contributed by atoms with Gasteiger partial charge in [-0.1, -0.05) is 0 Å². The maximum atomic E-state index is 11.3. The Morgan fingerprint density at radius 3 is 1.67 bits per heavy atom. The average molecular weight is 350 g/mol. The van der Waals surface area contributed by atoms with Gasteiger partial charge in [0, 0.05) is 19.4 Å². The summed E-state index contributed by atoms with van der Waals surface area (Å²) in [6, 6.07) is 0. The number of hydrogen-bond donors (Lipinski definition) is 1. The van der Waals surface area contributed by atoms with Crippen molar-refractivity contribution in [2.75, 3.05) is 59.5 Å². The molecule has 0 atom stereocenters. The molecule has 0 bridgehead atoms. The van der Waals surface area contributed by atoms with Gasteiger partial charge in [0.25, 0.3) is 0 Å². The molecule has 0 aliphatic heterocycles. The van der Waals surface area contributed by atoms with Crippen LogP contribution >= 0.6 is 0 Å². The highest BCUT2D eigenvalue weighted by atomic mass is 16.6. The predicted octanol–water partition coefficient (Wildman–Crippen LogP) is 1.26. The Kier molecular flexibility index (Phi) is 17.2. The second kappa shape index (κ2) is 18.1. The molecule has 0 aromatic carbocycles. The molecule has 0 heterocycles. The maximum Gasteiger partial charge on any atom is 0.305 e. The fourth-order valence-electron chi connectivity index (χ4n) is 1.64. The van der Waals surface area contributed by atoms with E-state index in [0.29, 0.717) is 65.7 Å². The fourth-order valence-corrected chi connectivity index (χ4v) is 1.64. The summed E-state index contributed by atoms with van der Waals surface area (Å²) in [4.78, 5) is 21.6. The van der Waals surface area contributed by atoms with E-state index in [1.165, 1.54) is 0 Å². The highest BCUT2D eigenvalue weighted by molar-refractivity contribution is 5.69. The third kappa shape index (κ3) is 18.8. The first-order chi connectivity index (χ1) is 11.7. The number of unbranched alkanes of at least 4 members (excludes halogenated alkanes) is 1. The van der Waals surface area contributed by atoms with Crippen LogP contribution in [0.1, 0.15) is 32.6 Å². The monoisotopic (exact) mass is 350 g/mol. The Balaban J connectivity index is 3.14. The van der Waals surface area contributed by atoms with Gasteiger partial charge in [-0.25, -0.2) is 0 Å². The van der Waals surface area contributed by atoms with Crippen molar-refractivity contribution in [3.63, 3.8) is 0 Å². The summed E-state index contributed by atoms with van der Waals surface area (Å²) in [5.74, 6) is -1.18. The lowest BCUT2D eigenvalue weighted by Gasteiger charge is -2.07. The van der Waals surface area contributed by atoms with E-state index in [1.807, 2.05) is 6.92 Å². The Morgan fingerprint density at radius 2 is 1.17 bits per heavy atom. The normalized spacial score (nSPS) is 10.7. The van der Waals surface area contributed by atoms with Gasteiger partial charge in [-0.2, -0.15) is 0 Å². The number of carbonyl (C=O) groups is 2. The third-order valence-electron chi connectivity index (χ3n) is 2.83. The van der Waals surface area contributed by atoms with Crippen LogP contribution < -0.4 is 0 Å². The van der Waals surface area contributed by atoms with Crippen molar-refractivity contribution in [2.24, 2.45) is 0 Å². The summed E-state index contributed by atoms with van der Waals surface area (Å²) in [6.07, 6.45) is 1.31. The van der Waals surface area contributed by atoms with Crippen LogP contribution in [0.15, 0.2) is 0 Å². The van der Waals surface area contributed by atoms with Crippen LogP contribution in [0.4, 0.5) is 0 Å². The minimum absolute atomic E-state index is 0.0773. The van der Waals surface area contributed by atoms with Gasteiger partial charge >= 0.3 is 11.9 Å². The summed E-state index contributed by atoms with van der Waals surface area (Å²) in [5.41, 5.74) is 0. The van der Waals surface area contributed by atoms with Crippen molar-refractivity contribution in [2.45, 2.75) is 32.6 Å². The first-order valence-electron chi connectivity index (χ1n) is 8.35. The lowest BCUT2D eigenvalue weighted by Crippen LogP contribution is -2.14. The van der Waals surface area contributed by atoms with E-state index in [4.69, 9.17) is 28.8 Å². The number of carboxylic acid groups (broad SMARTS) is 1. The van der Waals surface area contributed by atoms with E-state index in [9.17, 15) is 9.59 Å². The van der Waals surface area contributed by atoms with Crippen molar-refractivity contribution in [3.05, 3.63) is 0 Å². The molecule has 0 radical (unpaired) electrons. The smallest absolute Gasteiger partial charge is 0.305 e. The zero-order chi connectivity index (χ0) is 17.9. The van der Waals surface area contributed by atoms with Crippen LogP contribution in [0, 0.1) is 0 Å². The summed E-state index contributed by atoms with van der Waals surface area (Å²) in [6.45, 7) is 6.20. The number of hydrogen-bond acceptors (Lipinski definition) is 7. The zero-order valence-electron chi connectivity index (χ0n) is 14.5. The zero-order valence-corrected chi connectivity index (χ0v) is 14.5. The van der Waals surface area contributed by atoms with Gasteiger partial charge in [0.2, 0.25) is 0 Å². The number of esters is 1. The van der Waals surface area contributed by atoms with E-state index >= 15 is 0 Å². The first kappa shape index (κ1) is 22.8. The summed E-state index contributed by atoms with van der Waals surface area (Å²) in [5, 5.41) is 8.46. The Morgan fingerprint density at radius 1 is 0.708 bits per heavy atom. The van der Waals surface area contributed by atoms with E-state index in [-0.39, 0.29) is 25.4 Å². The molecule has 1 N–H and O–H groups in total. The summed E-state index contributed by atoms with van der Waals surface area (Å²) < 4.78 is 25.9. The number of carboxylic acids is 1. The second-order valence-corrected chi connectivity index (χ2v) is 4.86. The van der Waals surface area contributed by atoms with Gasteiger partial charge in [0.15, 0.2) is 0 Å². The minimum Gasteiger partial charge on any atom is -0.481 e. The Hall–Kier alpha value is -1.22. The van der Waals surface area contributed by atoms with Crippen LogP contribution in [-0.4, -0.2) is 76.5 Å². The molecule has 0 spiro atoms. The lowest BCUT2D eigenvalue weighted by molar-refractivity contribution is -0.146. The molecule has 142 valence electrons. The van der Waals surface area contributed by atoms with Crippen molar-refractivity contribution >= 4 is 11.9 Å². The van der Waals surface area contributed by atoms with Crippen LogP contribution in [0.25, 0.3) is 0 Å². The first-order valence-corrected chi connectivity index (χ1v) is 8.35. The molecule has 0 fully saturated rings. The largest absolute Gasteiger partial charge is 0.481 e. The van der Waals surface area contributed by atoms with Gasteiger partial charge in [-0.05, 0) is 19.8 Å². The topological polar surface area (TPSA) is 101 Å². The molecule has 0 unspecified atom stereocenters. The van der Waals surface area contributed by atoms with E-state index in [1.54, 1.807) is 0 Å². The fraction of sp³-hybridized carbons (Fsp3) is 0.875. The predicted molar refractivity (Wildman–Crippen MR) is 86.0 cm³/mol. The molecule has 8 nitrogen and oxygen atoms in total. The minimum atomic E-state index is -0.851. The molecular weight excluding hydrogens is 320 g/mol. The molecule has 24 heavy (non-hydrogen) atoms. The maximum absolute atomic E-state index is 11.3. The van der Waals surface area contributed by atoms with Crippen molar-refractivity contribution in [3.8, 4) is 0 Å². The molecular formula is C16H30O8. The number of aliphatic carboxylic acids is 1. The molecule has 0 aliphatic rings. The van der Waals surface area contributed by atoms with Gasteiger partial charge in [0.1, 0.15) is 6.61 Å². The van der Waals surface area contributed by atoms with Crippen LogP contribution in [0.5, 0.6) is 0 Å². The van der Waals surface area contributed by atoms with E-state index < -0.39 is 5.97 Å². The molecule has 0 aliphatic carbocycles. The van der Waals surface area contributed by atoms with Gasteiger partial charge in [-0.3, -0.25) is 9.59 Å². The third-order valence-corrected chi connectivity index (χ3v) is 2.83. The molecule has 0 amide bonds. The standard InChI is InChI=1S/C16H30O8/c1-2-20-7-8-21-9-10-22-11-12-23-13-14-24-16(19)6-4-3-5-15(17)18/h2-14H2,1H3,(H,17,18). The van der Waals surface area contributed by atoms with Crippen LogP contribution in [0.3, 0.4) is 0 Å². The molecule has 0 saturated heterocycles. The van der Waals surface area contributed by atoms with Crippen molar-refractivity contribution in [1.29, 1.82) is 0 Å². The summed E-state index contributed by atoms with van der Waals surface area (Å²) >= 11 is 0. The Labute approximate surface area is 143 Å². The van der Waals surface area contributed by atoms with Crippen LogP contribution in [0.2, 0.25) is 0 Å². The molecule has 0 rings (SSSR count). The number of ether oxygens (including phenoxy) is 5. The quantitative estimate of drug-likeness (QED) is 0.291. The number of carbonyl (C=O) groups excluding carboxylic acids is 1. The van der Waals surface area contributed by atoms with E-state index in [0.717, 1.165) is 0 Å². The van der Waals surface area contributed by atoms with Crippen molar-refractivity contribution < 1.29 is 38.4 Å². The lowest BCUT2D eigenvalue weighted by atomic mass is 10.2. The number of rotatable bonds is 18. The summed E-state index contributed by atoms with van der Waals surface area (Å²) in [7, 11) is 0. The highest BCUT2D eigenvalue weighted by Gasteiger charge is 2.04. The second-order valence-electron chi connectivity index (χ2n) is 4.86. The van der Waals surface area contributed by atoms with Gasteiger partial charge < -0.3 is 28.8 Å². The SMILES string of the molecule is CCOCCOCCOCCOCCOC(=O)CCCCC(=O)O. The van der Waals surface area contributed by atoms with Gasteiger partial charge in [0.05, 0.1) is 46.2 Å². The van der Waals surface area contributed by atoms with E-state index in [2.05, 4.69) is 0 Å². The van der Waals surface area contributed by atoms with Crippen LogP contribution in [-0.2, 0) is 33.3 Å². The molecule has 0 aromatic rings. The molecule has 0 aromatic heterocycles. The highest BCUT2D eigenvalue weighted by Crippen LogP contribution is 2.01. The van der Waals surface area contributed by atoms with Gasteiger partial charge in [-0.15, -0.1) is 0 Å². The Bertz CT molecular complexity index is 308. The molecule has 0 saturated carbocycles. The van der Waals surface area contributed by atoms with Crippen molar-refractivity contribution in [1.82, 2.24) is 0 Å². The molecule has 8 heteroatoms.